The molecule has 1 aromatic carbocycles. The summed E-state index contributed by atoms with van der Waals surface area (Å²) in [5.74, 6) is -0.874. The molecule has 8 heteroatoms. The highest BCUT2D eigenvalue weighted by molar-refractivity contribution is 5.92. The second kappa shape index (κ2) is 6.92. The molecular weight excluding hydrogens is 369 g/mol. The van der Waals surface area contributed by atoms with Crippen molar-refractivity contribution in [2.45, 2.75) is 45.6 Å². The normalized spacial score (nSPS) is 14.1. The summed E-state index contributed by atoms with van der Waals surface area (Å²) < 4.78 is 42.4. The Balaban J connectivity index is 1.68. The number of aromatic nitrogens is 3. The molecule has 1 N–H and O–H groups in total. The highest BCUT2D eigenvalue weighted by Gasteiger charge is 2.29. The van der Waals surface area contributed by atoms with Gasteiger partial charge in [-0.25, -0.2) is 22.8 Å². The van der Waals surface area contributed by atoms with Crippen molar-refractivity contribution in [3.05, 3.63) is 52.6 Å². The second-order valence-corrected chi connectivity index (χ2v) is 7.18. The van der Waals surface area contributed by atoms with Gasteiger partial charge in [-0.15, -0.1) is 0 Å². The van der Waals surface area contributed by atoms with Gasteiger partial charge in [0, 0.05) is 17.2 Å². The Morgan fingerprint density at radius 1 is 1.29 bits per heavy atom. The van der Waals surface area contributed by atoms with E-state index in [1.807, 2.05) is 0 Å². The van der Waals surface area contributed by atoms with Crippen LogP contribution in [-0.4, -0.2) is 20.7 Å². The number of carbonyl (C=O) groups is 1. The molecule has 1 amide bonds. The van der Waals surface area contributed by atoms with Crippen LogP contribution in [0.1, 0.15) is 47.7 Å². The minimum absolute atomic E-state index is 0.0677. The Hall–Kier alpha value is -2.90. The number of nitrogens with zero attached hydrogens (tertiary/aromatic N) is 3. The lowest BCUT2D eigenvalue weighted by molar-refractivity contribution is -0.116. The lowest BCUT2D eigenvalue weighted by Crippen LogP contribution is -2.20. The van der Waals surface area contributed by atoms with Gasteiger partial charge in [-0.05, 0) is 50.5 Å². The number of nitrogens with one attached hydrogen (secondary N) is 1. The Labute approximate surface area is 159 Å². The molecule has 146 valence electrons. The van der Waals surface area contributed by atoms with Crippen molar-refractivity contribution in [3.8, 4) is 0 Å². The first-order valence-electron chi connectivity index (χ1n) is 9.05. The van der Waals surface area contributed by atoms with Gasteiger partial charge in [0.15, 0.2) is 5.65 Å². The fourth-order valence-corrected chi connectivity index (χ4v) is 3.34. The fourth-order valence-electron chi connectivity index (χ4n) is 3.34. The fraction of sp³-hybridized carbons (Fsp3) is 0.350. The molecule has 0 atom stereocenters. The van der Waals surface area contributed by atoms with Crippen molar-refractivity contribution in [1.82, 2.24) is 14.8 Å². The van der Waals surface area contributed by atoms with Crippen LogP contribution in [0, 0.1) is 19.7 Å². The zero-order valence-corrected chi connectivity index (χ0v) is 15.5. The zero-order chi connectivity index (χ0) is 20.0. The molecule has 1 fully saturated rings. The van der Waals surface area contributed by atoms with Crippen molar-refractivity contribution < 1.29 is 18.0 Å². The summed E-state index contributed by atoms with van der Waals surface area (Å²) in [5.41, 5.74) is 2.01. The molecule has 0 radical (unpaired) electrons. The van der Waals surface area contributed by atoms with E-state index in [0.717, 1.165) is 18.4 Å². The predicted octanol–water partition coefficient (Wildman–Crippen LogP) is 4.64. The molecule has 0 saturated heterocycles. The number of hydrogen-bond acceptors (Lipinski definition) is 3. The number of hydrogen-bond donors (Lipinski definition) is 1. The van der Waals surface area contributed by atoms with Gasteiger partial charge in [-0.2, -0.15) is 5.10 Å². The van der Waals surface area contributed by atoms with Crippen molar-refractivity contribution in [3.63, 3.8) is 0 Å². The van der Waals surface area contributed by atoms with E-state index in [4.69, 9.17) is 0 Å². The highest BCUT2D eigenvalue weighted by Crippen LogP contribution is 2.41. The standard InChI is InChI=1S/C20H19F3N4O/c1-10-3-6-14(21)16(7-10)24-17(28)9-27-20-18(11(2)26-27)13(19(22)23)8-15(25-20)12-4-5-12/h3,6-8,12,19H,4-5,9H2,1-2H3,(H,24,28). The number of carbonyl (C=O) groups excluding carboxylic acids is 1. The largest absolute Gasteiger partial charge is 0.322 e. The van der Waals surface area contributed by atoms with Crippen LogP contribution in [0.3, 0.4) is 0 Å². The topological polar surface area (TPSA) is 59.8 Å². The molecule has 28 heavy (non-hydrogen) atoms. The van der Waals surface area contributed by atoms with E-state index in [0.29, 0.717) is 11.4 Å². The number of alkyl halides is 2. The molecule has 3 aromatic rings. The third-order valence-corrected chi connectivity index (χ3v) is 4.85. The summed E-state index contributed by atoms with van der Waals surface area (Å²) in [5, 5.41) is 7.02. The number of aryl methyl sites for hydroxylation is 2. The third-order valence-electron chi connectivity index (χ3n) is 4.85. The first-order chi connectivity index (χ1) is 13.3. The van der Waals surface area contributed by atoms with E-state index in [9.17, 15) is 18.0 Å². The lowest BCUT2D eigenvalue weighted by Gasteiger charge is -2.09. The molecule has 4 rings (SSSR count). The summed E-state index contributed by atoms with van der Waals surface area (Å²) in [7, 11) is 0. The number of fused-ring (bicyclic) bond motifs is 1. The van der Waals surface area contributed by atoms with E-state index in [-0.39, 0.29) is 34.7 Å². The van der Waals surface area contributed by atoms with E-state index < -0.39 is 18.1 Å². The van der Waals surface area contributed by atoms with Crippen LogP contribution in [0.5, 0.6) is 0 Å². The minimum atomic E-state index is -2.66. The van der Waals surface area contributed by atoms with Crippen molar-refractivity contribution >= 4 is 22.6 Å². The molecule has 0 spiro atoms. The molecule has 5 nitrogen and oxygen atoms in total. The number of anilines is 1. The quantitative estimate of drug-likeness (QED) is 0.693. The Kier molecular flexibility index (Phi) is 4.56. The van der Waals surface area contributed by atoms with Crippen LogP contribution in [0.4, 0.5) is 18.9 Å². The van der Waals surface area contributed by atoms with Crippen LogP contribution >= 0.6 is 0 Å². The number of rotatable bonds is 5. The molecule has 2 heterocycles. The summed E-state index contributed by atoms with van der Waals surface area (Å²) in [6.45, 7) is 3.15. The van der Waals surface area contributed by atoms with Crippen LogP contribution in [0.25, 0.3) is 11.0 Å². The SMILES string of the molecule is Cc1ccc(F)c(NC(=O)Cn2nc(C)c3c(C(F)F)cc(C4CC4)nc32)c1. The Morgan fingerprint density at radius 2 is 2.04 bits per heavy atom. The first-order valence-corrected chi connectivity index (χ1v) is 9.05. The van der Waals surface area contributed by atoms with Crippen molar-refractivity contribution in [1.29, 1.82) is 0 Å². The molecule has 1 saturated carbocycles. The van der Waals surface area contributed by atoms with Gasteiger partial charge in [0.2, 0.25) is 5.91 Å². The van der Waals surface area contributed by atoms with Gasteiger partial charge in [-0.3, -0.25) is 4.79 Å². The van der Waals surface area contributed by atoms with E-state index in [2.05, 4.69) is 15.4 Å². The summed E-state index contributed by atoms with van der Waals surface area (Å²) in [4.78, 5) is 16.9. The zero-order valence-electron chi connectivity index (χ0n) is 15.5. The smallest absolute Gasteiger partial charge is 0.264 e. The lowest BCUT2D eigenvalue weighted by atomic mass is 10.1. The second-order valence-electron chi connectivity index (χ2n) is 7.18. The Bertz CT molecular complexity index is 1070. The molecule has 2 aromatic heterocycles. The van der Waals surface area contributed by atoms with Gasteiger partial charge in [0.05, 0.1) is 16.8 Å². The predicted molar refractivity (Wildman–Crippen MR) is 99.0 cm³/mol. The van der Waals surface area contributed by atoms with E-state index in [1.165, 1.54) is 22.9 Å². The molecule has 0 aliphatic heterocycles. The molecule has 0 bridgehead atoms. The van der Waals surface area contributed by atoms with Gasteiger partial charge >= 0.3 is 0 Å². The number of halogens is 3. The maximum absolute atomic E-state index is 13.9. The van der Waals surface area contributed by atoms with Crippen LogP contribution in [0.15, 0.2) is 24.3 Å². The van der Waals surface area contributed by atoms with Gasteiger partial charge in [-0.1, -0.05) is 6.07 Å². The number of benzene rings is 1. The number of pyridine rings is 1. The van der Waals surface area contributed by atoms with Crippen LogP contribution in [-0.2, 0) is 11.3 Å². The number of amides is 1. The van der Waals surface area contributed by atoms with Gasteiger partial charge in [0.25, 0.3) is 6.43 Å². The van der Waals surface area contributed by atoms with Gasteiger partial charge < -0.3 is 5.32 Å². The third kappa shape index (κ3) is 3.46. The highest BCUT2D eigenvalue weighted by atomic mass is 19.3. The summed E-state index contributed by atoms with van der Waals surface area (Å²) in [6.07, 6.45) is -0.822. The van der Waals surface area contributed by atoms with E-state index in [1.54, 1.807) is 19.9 Å². The molecule has 0 unspecified atom stereocenters. The summed E-state index contributed by atoms with van der Waals surface area (Å²) >= 11 is 0. The molecule has 1 aliphatic rings. The minimum Gasteiger partial charge on any atom is -0.322 e. The maximum atomic E-state index is 13.9. The monoisotopic (exact) mass is 388 g/mol. The molecular formula is C20H19F3N4O. The van der Waals surface area contributed by atoms with Crippen LogP contribution in [0.2, 0.25) is 0 Å². The summed E-state index contributed by atoms with van der Waals surface area (Å²) in [6, 6.07) is 5.85. The van der Waals surface area contributed by atoms with E-state index >= 15 is 0 Å². The average molecular weight is 388 g/mol. The van der Waals surface area contributed by atoms with Crippen molar-refractivity contribution in [2.75, 3.05) is 5.32 Å². The average Bonchev–Trinajstić information content (AvgIpc) is 3.43. The van der Waals surface area contributed by atoms with Crippen LogP contribution < -0.4 is 5.32 Å². The Morgan fingerprint density at radius 3 is 2.71 bits per heavy atom. The first kappa shape index (κ1) is 18.5. The van der Waals surface area contributed by atoms with Gasteiger partial charge in [0.1, 0.15) is 12.4 Å². The molecule has 1 aliphatic carbocycles. The van der Waals surface area contributed by atoms with Crippen molar-refractivity contribution in [2.24, 2.45) is 0 Å². The maximum Gasteiger partial charge on any atom is 0.264 e.